The molecule has 1 heterocycles. The van der Waals surface area contributed by atoms with E-state index in [2.05, 4.69) is 25.7 Å². The third kappa shape index (κ3) is 3.58. The molecule has 2 rings (SSSR count). The van der Waals surface area contributed by atoms with Crippen LogP contribution in [0.25, 0.3) is 0 Å². The third-order valence-electron chi connectivity index (χ3n) is 3.89. The number of benzene rings is 1. The second-order valence-corrected chi connectivity index (χ2v) is 6.91. The SMILES string of the molecule is CC(C)(C)N1CCC[C@@H](C(=O)c2cc(F)cc(Cl)c2)C1. The second-order valence-electron chi connectivity index (χ2n) is 6.48. The van der Waals surface area contributed by atoms with E-state index in [4.69, 9.17) is 11.6 Å². The van der Waals surface area contributed by atoms with Gasteiger partial charge in [-0.2, -0.15) is 0 Å². The molecule has 1 aliphatic heterocycles. The van der Waals surface area contributed by atoms with Gasteiger partial charge in [-0.05, 0) is 58.4 Å². The maximum Gasteiger partial charge on any atom is 0.167 e. The Morgan fingerprint density at radius 1 is 1.35 bits per heavy atom. The van der Waals surface area contributed by atoms with E-state index in [0.29, 0.717) is 5.56 Å². The summed E-state index contributed by atoms with van der Waals surface area (Å²) < 4.78 is 13.4. The van der Waals surface area contributed by atoms with Crippen molar-refractivity contribution in [1.82, 2.24) is 4.90 Å². The quantitative estimate of drug-likeness (QED) is 0.764. The number of hydrogen-bond donors (Lipinski definition) is 0. The first kappa shape index (κ1) is 15.5. The van der Waals surface area contributed by atoms with Gasteiger partial charge in [0.05, 0.1) is 0 Å². The molecular formula is C16H21ClFNO. The number of likely N-dealkylation sites (tertiary alicyclic amines) is 1. The fraction of sp³-hybridized carbons (Fsp3) is 0.562. The molecule has 0 saturated carbocycles. The molecule has 0 unspecified atom stereocenters. The van der Waals surface area contributed by atoms with Crippen molar-refractivity contribution in [3.63, 3.8) is 0 Å². The standard InChI is InChI=1S/C16H21ClFNO/c1-16(2,3)19-6-4-5-11(10-19)15(20)12-7-13(17)9-14(18)8-12/h7-9,11H,4-6,10H2,1-3H3/t11-/m1/s1. The Balaban J connectivity index is 2.16. The number of rotatable bonds is 2. The summed E-state index contributed by atoms with van der Waals surface area (Å²) in [5.41, 5.74) is 0.439. The first-order valence-electron chi connectivity index (χ1n) is 7.03. The van der Waals surface area contributed by atoms with Crippen LogP contribution in [0.2, 0.25) is 5.02 Å². The lowest BCUT2D eigenvalue weighted by molar-refractivity contribution is 0.0617. The minimum atomic E-state index is -0.454. The lowest BCUT2D eigenvalue weighted by atomic mass is 9.87. The summed E-state index contributed by atoms with van der Waals surface area (Å²) in [6.07, 6.45) is 1.86. The number of carbonyl (C=O) groups is 1. The van der Waals surface area contributed by atoms with Gasteiger partial charge < -0.3 is 0 Å². The number of carbonyl (C=O) groups excluding carboxylic acids is 1. The molecule has 0 amide bonds. The van der Waals surface area contributed by atoms with Gasteiger partial charge in [-0.25, -0.2) is 4.39 Å². The predicted molar refractivity (Wildman–Crippen MR) is 79.8 cm³/mol. The number of halogens is 2. The predicted octanol–water partition coefficient (Wildman–Crippen LogP) is 4.17. The van der Waals surface area contributed by atoms with Crippen molar-refractivity contribution < 1.29 is 9.18 Å². The number of ketones is 1. The number of nitrogens with zero attached hydrogens (tertiary/aromatic N) is 1. The Kier molecular flexibility index (Phi) is 4.50. The Morgan fingerprint density at radius 3 is 2.65 bits per heavy atom. The van der Waals surface area contributed by atoms with Crippen LogP contribution in [0, 0.1) is 11.7 Å². The molecule has 0 bridgehead atoms. The van der Waals surface area contributed by atoms with Gasteiger partial charge in [0.2, 0.25) is 0 Å². The number of piperidine rings is 1. The van der Waals surface area contributed by atoms with E-state index in [1.54, 1.807) is 6.07 Å². The molecule has 0 aliphatic carbocycles. The molecule has 110 valence electrons. The van der Waals surface area contributed by atoms with Gasteiger partial charge in [-0.1, -0.05) is 11.6 Å². The highest BCUT2D eigenvalue weighted by atomic mass is 35.5. The van der Waals surface area contributed by atoms with Gasteiger partial charge in [0, 0.05) is 28.6 Å². The first-order valence-corrected chi connectivity index (χ1v) is 7.40. The molecule has 20 heavy (non-hydrogen) atoms. The Hall–Kier alpha value is -0.930. The van der Waals surface area contributed by atoms with Crippen LogP contribution >= 0.6 is 11.6 Å². The number of hydrogen-bond acceptors (Lipinski definition) is 2. The van der Waals surface area contributed by atoms with Gasteiger partial charge in [0.1, 0.15) is 5.82 Å². The van der Waals surface area contributed by atoms with E-state index in [9.17, 15) is 9.18 Å². The Labute approximate surface area is 124 Å². The van der Waals surface area contributed by atoms with Gasteiger partial charge in [0.15, 0.2) is 5.78 Å². The minimum absolute atomic E-state index is 0.000324. The molecule has 0 spiro atoms. The maximum absolute atomic E-state index is 13.4. The molecule has 1 fully saturated rings. The lowest BCUT2D eigenvalue weighted by Crippen LogP contribution is -2.48. The van der Waals surface area contributed by atoms with Crippen molar-refractivity contribution in [3.05, 3.63) is 34.6 Å². The molecule has 1 atom stereocenters. The van der Waals surface area contributed by atoms with Crippen molar-refractivity contribution >= 4 is 17.4 Å². The molecule has 4 heteroatoms. The van der Waals surface area contributed by atoms with Crippen molar-refractivity contribution in [2.24, 2.45) is 5.92 Å². The monoisotopic (exact) mass is 297 g/mol. The van der Waals surface area contributed by atoms with Crippen LogP contribution in [0.5, 0.6) is 0 Å². The minimum Gasteiger partial charge on any atom is -0.298 e. The van der Waals surface area contributed by atoms with Crippen LogP contribution in [0.4, 0.5) is 4.39 Å². The van der Waals surface area contributed by atoms with Crippen LogP contribution in [0.3, 0.4) is 0 Å². The molecule has 1 aromatic rings. The van der Waals surface area contributed by atoms with Crippen LogP contribution < -0.4 is 0 Å². The van der Waals surface area contributed by atoms with E-state index >= 15 is 0 Å². The summed E-state index contributed by atoms with van der Waals surface area (Å²) in [7, 11) is 0. The van der Waals surface area contributed by atoms with E-state index in [1.807, 2.05) is 0 Å². The average molecular weight is 298 g/mol. The molecule has 0 aromatic heterocycles. The van der Waals surface area contributed by atoms with E-state index in [1.165, 1.54) is 12.1 Å². The van der Waals surface area contributed by atoms with E-state index in [0.717, 1.165) is 25.9 Å². The molecule has 1 saturated heterocycles. The first-order chi connectivity index (χ1) is 9.27. The van der Waals surface area contributed by atoms with E-state index in [-0.39, 0.29) is 22.3 Å². The molecule has 1 aliphatic rings. The fourth-order valence-corrected chi connectivity index (χ4v) is 2.95. The summed E-state index contributed by atoms with van der Waals surface area (Å²) >= 11 is 5.83. The van der Waals surface area contributed by atoms with E-state index < -0.39 is 5.82 Å². The highest BCUT2D eigenvalue weighted by molar-refractivity contribution is 6.31. The third-order valence-corrected chi connectivity index (χ3v) is 4.11. The average Bonchev–Trinajstić information content (AvgIpc) is 2.36. The highest BCUT2D eigenvalue weighted by Gasteiger charge is 2.31. The lowest BCUT2D eigenvalue weighted by Gasteiger charge is -2.41. The Morgan fingerprint density at radius 2 is 2.05 bits per heavy atom. The van der Waals surface area contributed by atoms with Crippen molar-refractivity contribution in [2.45, 2.75) is 39.2 Å². The Bertz CT molecular complexity index is 489. The van der Waals surface area contributed by atoms with Crippen LogP contribution in [0.15, 0.2) is 18.2 Å². The summed E-state index contributed by atoms with van der Waals surface area (Å²) in [4.78, 5) is 14.8. The number of Topliss-reactive ketones (excluding diaryl/α,β-unsaturated/α-hetero) is 1. The van der Waals surface area contributed by atoms with Crippen molar-refractivity contribution in [3.8, 4) is 0 Å². The zero-order chi connectivity index (χ0) is 14.9. The van der Waals surface area contributed by atoms with Crippen LogP contribution in [0.1, 0.15) is 44.0 Å². The van der Waals surface area contributed by atoms with Gasteiger partial charge in [-0.15, -0.1) is 0 Å². The van der Waals surface area contributed by atoms with Gasteiger partial charge >= 0.3 is 0 Å². The molecule has 1 aromatic carbocycles. The van der Waals surface area contributed by atoms with Crippen LogP contribution in [-0.2, 0) is 0 Å². The topological polar surface area (TPSA) is 20.3 Å². The molecule has 0 N–H and O–H groups in total. The summed E-state index contributed by atoms with van der Waals surface area (Å²) in [6.45, 7) is 8.20. The smallest absolute Gasteiger partial charge is 0.167 e. The highest BCUT2D eigenvalue weighted by Crippen LogP contribution is 2.27. The normalized spacial score (nSPS) is 20.9. The van der Waals surface area contributed by atoms with Crippen molar-refractivity contribution in [1.29, 1.82) is 0 Å². The summed E-state index contributed by atoms with van der Waals surface area (Å²) in [5.74, 6) is -0.523. The largest absolute Gasteiger partial charge is 0.298 e. The second kappa shape index (κ2) is 5.82. The zero-order valence-electron chi connectivity index (χ0n) is 12.2. The molecule has 0 radical (unpaired) electrons. The van der Waals surface area contributed by atoms with Gasteiger partial charge in [0.25, 0.3) is 0 Å². The van der Waals surface area contributed by atoms with Crippen LogP contribution in [-0.4, -0.2) is 29.3 Å². The maximum atomic E-state index is 13.4. The molecule has 2 nitrogen and oxygen atoms in total. The molecular weight excluding hydrogens is 277 g/mol. The van der Waals surface area contributed by atoms with Crippen molar-refractivity contribution in [2.75, 3.05) is 13.1 Å². The summed E-state index contributed by atoms with van der Waals surface area (Å²) in [5, 5.41) is 0.275. The van der Waals surface area contributed by atoms with Gasteiger partial charge in [-0.3, -0.25) is 9.69 Å². The summed E-state index contributed by atoms with van der Waals surface area (Å²) in [6, 6.07) is 4.06. The fourth-order valence-electron chi connectivity index (χ4n) is 2.73. The zero-order valence-corrected chi connectivity index (χ0v) is 13.0.